The second-order valence-electron chi connectivity index (χ2n) is 26.7. The minimum atomic E-state index is -4.65. The van der Waals surface area contributed by atoms with Crippen LogP contribution < -0.4 is 19.2 Å². The van der Waals surface area contributed by atoms with Crippen LogP contribution in [0.15, 0.2) is 113 Å². The summed E-state index contributed by atoms with van der Waals surface area (Å²) in [6, 6.07) is 9.34. The molecule has 4 aromatic rings. The number of allylic oxidation sites excluding steroid dienone is 7. The predicted octanol–water partition coefficient (Wildman–Crippen LogP) is 11.8. The third kappa shape index (κ3) is 8.68. The molecule has 3 saturated carbocycles. The van der Waals surface area contributed by atoms with Gasteiger partial charge in [-0.25, -0.2) is 28.4 Å². The molecule has 8 bridgehead atoms. The Hall–Kier alpha value is -6.63. The Labute approximate surface area is 487 Å². The zero-order valence-electron chi connectivity index (χ0n) is 46.8. The monoisotopic (exact) mass is 1170 g/mol. The van der Waals surface area contributed by atoms with Crippen LogP contribution in [0.3, 0.4) is 0 Å². The van der Waals surface area contributed by atoms with Gasteiger partial charge in [0, 0.05) is 67.6 Å². The molecule has 6 aliphatic heterocycles. The van der Waals surface area contributed by atoms with E-state index in [1.165, 1.54) is 24.3 Å². The van der Waals surface area contributed by atoms with Gasteiger partial charge in [0.2, 0.25) is 0 Å². The molecule has 3 spiro atoms. The van der Waals surface area contributed by atoms with Crippen LogP contribution in [0, 0.1) is 16.2 Å². The number of aromatic nitrogens is 8. The first-order valence-electron chi connectivity index (χ1n) is 28.7. The Morgan fingerprint density at radius 1 is 0.512 bits per heavy atom. The largest absolute Gasteiger partial charge is 2.00 e. The first-order chi connectivity index (χ1) is 38.6. The van der Waals surface area contributed by atoms with Crippen molar-refractivity contribution in [1.82, 2.24) is 39.9 Å². The molecule has 2 saturated heterocycles. The van der Waals surface area contributed by atoms with E-state index < -0.39 is 33.4 Å². The Balaban J connectivity index is 0.00000576. The van der Waals surface area contributed by atoms with Crippen molar-refractivity contribution in [3.8, 4) is 17.2 Å². The average molecular weight is 1180 g/mol. The van der Waals surface area contributed by atoms with Gasteiger partial charge in [-0.1, -0.05) is 47.6 Å². The predicted molar refractivity (Wildman–Crippen MR) is 292 cm³/mol. The SMILES string of the molecule is CC1(C)CCC2(CC1)OC1=CC3c4nc(nc5[n-]c(nc6nc([nH]c7nc(n4)C4C=C8OC9(CCC(C)(C)CC9)OC8=CC74)C4C=CC(Oc7ccc(S(=O)(=O)[O-])cc7)=CC64)c4cc6c(cc54)OC4(CCC(C)(C)CC4)O6)C3C=C1O2.[Zn+2]. The van der Waals surface area contributed by atoms with Crippen LogP contribution in [-0.4, -0.2) is 65.2 Å². The maximum atomic E-state index is 11.8. The van der Waals surface area contributed by atoms with Crippen LogP contribution in [-0.2, 0) is 48.5 Å². The fourth-order valence-electron chi connectivity index (χ4n) is 13.9. The van der Waals surface area contributed by atoms with Crippen LogP contribution in [0.25, 0.3) is 22.1 Å². The van der Waals surface area contributed by atoms with Crippen molar-refractivity contribution in [2.45, 2.75) is 176 Å². The molecule has 82 heavy (non-hydrogen) atoms. The maximum absolute atomic E-state index is 11.8. The summed E-state index contributed by atoms with van der Waals surface area (Å²) >= 11 is 0. The van der Waals surface area contributed by atoms with E-state index in [2.05, 4.69) is 70.8 Å². The molecule has 16 rings (SSSR count). The standard InChI is InChI=1S/C62H63N8O10S.Zn/c1-57(2)13-19-60(20-14-57)75-43-26-37-38(27-44(43)76-60)53-66-51(37)64-49-35-12-9-33(74-32-7-10-34(11-8-32)81(71,72)73)25-36(35)50(63-49)65-52-39-28-45-46(78-61(77-45)21-15-58(3,4)16-22-61)29-40(39)54(67-52)69-56-42-31-48-47(30-41(42)55(68-53)70-56)79-62(80-48)23-17-59(5,6)18-24-62;/h7-12,25-31,35-38,41-42H,13-24H2,1-6H3,(H,71,72,73)(H,63,64,65,66,68,69,70);/q-1;+2/p-1. The van der Waals surface area contributed by atoms with E-state index in [1.54, 1.807) is 0 Å². The molecule has 0 radical (unpaired) electrons. The van der Waals surface area contributed by atoms with Crippen LogP contribution in [0.2, 0.25) is 0 Å². The number of nitrogens with one attached hydrogen (secondary N) is 1. The smallest absolute Gasteiger partial charge is 0.744 e. The van der Waals surface area contributed by atoms with Gasteiger partial charge in [-0.15, -0.1) is 0 Å². The molecule has 5 fully saturated rings. The van der Waals surface area contributed by atoms with Gasteiger partial charge in [0.25, 0.3) is 17.4 Å². The minimum absolute atomic E-state index is 0. The minimum Gasteiger partial charge on any atom is -0.744 e. The normalized spacial score (nSPS) is 28.6. The van der Waals surface area contributed by atoms with Gasteiger partial charge in [0.05, 0.1) is 34.3 Å². The Morgan fingerprint density at radius 3 is 1.38 bits per heavy atom. The van der Waals surface area contributed by atoms with E-state index in [4.69, 9.17) is 68.0 Å². The summed E-state index contributed by atoms with van der Waals surface area (Å²) in [7, 11) is -4.65. The molecule has 2 aromatic heterocycles. The van der Waals surface area contributed by atoms with Gasteiger partial charge in [0.15, 0.2) is 34.5 Å². The van der Waals surface area contributed by atoms with Crippen LogP contribution in [0.1, 0.15) is 189 Å². The molecule has 0 amide bonds. The number of H-pyrrole nitrogens is 1. The zero-order chi connectivity index (χ0) is 55.2. The van der Waals surface area contributed by atoms with Crippen LogP contribution in [0.4, 0.5) is 0 Å². The zero-order valence-corrected chi connectivity index (χ0v) is 50.6. The van der Waals surface area contributed by atoms with E-state index in [9.17, 15) is 13.0 Å². The van der Waals surface area contributed by atoms with Crippen LogP contribution in [0.5, 0.6) is 17.2 Å². The molecular weight excluding hydrogens is 1110 g/mol. The topological polar surface area (TPSA) is 229 Å². The number of fused-ring (bicyclic) bond motifs is 23. The number of benzene rings is 2. The summed E-state index contributed by atoms with van der Waals surface area (Å²) < 4.78 is 82.7. The number of rotatable bonds is 3. The molecule has 6 atom stereocenters. The second kappa shape index (κ2) is 17.7. The molecule has 20 heteroatoms. The van der Waals surface area contributed by atoms with Crippen LogP contribution >= 0.6 is 0 Å². The van der Waals surface area contributed by atoms with Gasteiger partial charge in [0.1, 0.15) is 44.9 Å². The van der Waals surface area contributed by atoms with Crippen molar-refractivity contribution >= 4 is 32.2 Å². The van der Waals surface area contributed by atoms with Crippen molar-refractivity contribution < 1.29 is 65.6 Å². The number of aromatic amines is 1. The molecule has 1 N–H and O–H groups in total. The summed E-state index contributed by atoms with van der Waals surface area (Å²) in [5.74, 6) is 3.56. The van der Waals surface area contributed by atoms with Crippen molar-refractivity contribution in [3.05, 3.63) is 143 Å². The first kappa shape index (κ1) is 52.2. The van der Waals surface area contributed by atoms with Crippen molar-refractivity contribution in [3.63, 3.8) is 0 Å². The molecule has 2 aromatic carbocycles. The van der Waals surface area contributed by atoms with Gasteiger partial charge in [-0.05, 0) is 138 Å². The summed E-state index contributed by atoms with van der Waals surface area (Å²) in [5, 5.41) is 1.41. The summed E-state index contributed by atoms with van der Waals surface area (Å²) in [6.45, 7) is 13.8. The number of nitrogens with zero attached hydrogens (tertiary/aromatic N) is 7. The van der Waals surface area contributed by atoms with E-state index in [0.717, 1.165) is 77.0 Å². The Kier molecular flexibility index (Phi) is 11.3. The average Bonchev–Trinajstić information content (AvgIpc) is 3.94. The molecule has 6 aliphatic carbocycles. The number of hydrogen-bond donors (Lipinski definition) is 1. The summed E-state index contributed by atoms with van der Waals surface area (Å²) in [5.41, 5.74) is 1.37. The van der Waals surface area contributed by atoms with Gasteiger partial charge in [-0.3, -0.25) is 0 Å². The van der Waals surface area contributed by atoms with E-state index in [0.29, 0.717) is 103 Å². The Morgan fingerprint density at radius 2 is 0.902 bits per heavy atom. The van der Waals surface area contributed by atoms with Gasteiger partial charge in [-0.2, -0.15) is 0 Å². The maximum Gasteiger partial charge on any atom is 2.00 e. The van der Waals surface area contributed by atoms with Gasteiger partial charge < -0.3 is 57.6 Å². The van der Waals surface area contributed by atoms with E-state index in [-0.39, 0.29) is 70.2 Å². The quantitative estimate of drug-likeness (QED) is 0.148. The molecule has 12 aliphatic rings. The van der Waals surface area contributed by atoms with Crippen molar-refractivity contribution in [2.24, 2.45) is 16.2 Å². The summed E-state index contributed by atoms with van der Waals surface area (Å²) in [4.78, 5) is 40.9. The molecule has 418 valence electrons. The fraction of sp³-hybridized carbons (Fsp3) is 0.484. The summed E-state index contributed by atoms with van der Waals surface area (Å²) in [6.07, 6.45) is 24.7. The number of ether oxygens (including phenoxy) is 7. The van der Waals surface area contributed by atoms with Crippen molar-refractivity contribution in [2.75, 3.05) is 0 Å². The second-order valence-corrected chi connectivity index (χ2v) is 28.1. The van der Waals surface area contributed by atoms with E-state index >= 15 is 0 Å². The van der Waals surface area contributed by atoms with Crippen molar-refractivity contribution in [1.29, 1.82) is 0 Å². The third-order valence-corrected chi connectivity index (χ3v) is 20.1. The molecule has 8 heterocycles. The first-order valence-corrected chi connectivity index (χ1v) is 30.1. The molecule has 6 unspecified atom stereocenters. The Bertz CT molecular complexity index is 3960. The number of hydrogen-bond acceptors (Lipinski definition) is 16. The molecular formula is C62H62N8O10SZn. The fourth-order valence-corrected chi connectivity index (χ4v) is 14.4. The van der Waals surface area contributed by atoms with E-state index in [1.807, 2.05) is 30.4 Å². The van der Waals surface area contributed by atoms with Gasteiger partial charge >= 0.3 is 19.5 Å². The molecule has 18 nitrogen and oxygen atoms in total. The third-order valence-electron chi connectivity index (χ3n) is 19.2.